The van der Waals surface area contributed by atoms with Crippen LogP contribution in [-0.2, 0) is 20.9 Å². The molecule has 8 heteroatoms. The summed E-state index contributed by atoms with van der Waals surface area (Å²) in [7, 11) is 0. The highest BCUT2D eigenvalue weighted by atomic mass is 19.2. The summed E-state index contributed by atoms with van der Waals surface area (Å²) < 4.78 is 27.3. The molecule has 0 spiro atoms. The number of hydrogen-bond acceptors (Lipinski definition) is 3. The van der Waals surface area contributed by atoms with Gasteiger partial charge in [0.05, 0.1) is 6.54 Å². The molecule has 2 heterocycles. The van der Waals surface area contributed by atoms with Gasteiger partial charge in [-0.3, -0.25) is 14.4 Å². The van der Waals surface area contributed by atoms with Crippen LogP contribution in [0.25, 0.3) is 0 Å². The molecule has 0 N–H and O–H groups in total. The van der Waals surface area contributed by atoms with Crippen LogP contribution in [0.1, 0.15) is 31.7 Å². The van der Waals surface area contributed by atoms with E-state index in [1.54, 1.807) is 11.8 Å². The van der Waals surface area contributed by atoms with Crippen molar-refractivity contribution in [1.29, 1.82) is 0 Å². The third-order valence-electron chi connectivity index (χ3n) is 5.18. The van der Waals surface area contributed by atoms with Crippen molar-refractivity contribution < 1.29 is 23.2 Å². The number of amides is 3. The fourth-order valence-electron chi connectivity index (χ4n) is 3.61. The summed E-state index contributed by atoms with van der Waals surface area (Å²) in [6, 6.07) is 3.05. The highest BCUT2D eigenvalue weighted by Crippen LogP contribution is 2.20. The van der Waals surface area contributed by atoms with E-state index >= 15 is 0 Å². The number of carbonyl (C=O) groups excluding carboxylic acids is 3. The Bertz CT molecular complexity index is 756. The molecule has 0 saturated carbocycles. The second-order valence-electron chi connectivity index (χ2n) is 7.01. The van der Waals surface area contributed by atoms with Crippen molar-refractivity contribution in [2.24, 2.45) is 0 Å². The van der Waals surface area contributed by atoms with Crippen LogP contribution < -0.4 is 0 Å². The Labute approximate surface area is 156 Å². The van der Waals surface area contributed by atoms with E-state index < -0.39 is 17.7 Å². The molecule has 2 saturated heterocycles. The highest BCUT2D eigenvalue weighted by Gasteiger charge is 2.36. The summed E-state index contributed by atoms with van der Waals surface area (Å²) in [5.41, 5.74) is 0.0454. The van der Waals surface area contributed by atoms with E-state index in [1.165, 1.54) is 21.9 Å². The van der Waals surface area contributed by atoms with Crippen LogP contribution in [0.4, 0.5) is 8.78 Å². The molecule has 1 aromatic carbocycles. The summed E-state index contributed by atoms with van der Waals surface area (Å²) in [5.74, 6) is -2.37. The minimum atomic E-state index is -0.998. The first kappa shape index (κ1) is 19.3. The zero-order valence-corrected chi connectivity index (χ0v) is 15.3. The number of benzene rings is 1. The molecule has 0 radical (unpaired) electrons. The smallest absolute Gasteiger partial charge is 0.245 e. The van der Waals surface area contributed by atoms with Crippen molar-refractivity contribution in [3.05, 3.63) is 35.4 Å². The lowest BCUT2D eigenvalue weighted by atomic mass is 10.1. The van der Waals surface area contributed by atoms with E-state index in [0.717, 1.165) is 19.0 Å². The van der Waals surface area contributed by atoms with E-state index in [-0.39, 0.29) is 36.4 Å². The monoisotopic (exact) mass is 379 g/mol. The van der Waals surface area contributed by atoms with Gasteiger partial charge in [-0.25, -0.2) is 8.78 Å². The topological polar surface area (TPSA) is 60.9 Å². The number of piperazine rings is 1. The molecule has 2 aliphatic heterocycles. The van der Waals surface area contributed by atoms with Crippen LogP contribution in [0.3, 0.4) is 0 Å². The largest absolute Gasteiger partial charge is 0.343 e. The standard InChI is InChI=1S/C19H23F2N3O3/c1-13-19(27)23(10-4-9-22-8-3-7-16(22)25)12-17(26)24(13)11-14-5-2-6-15(20)18(14)21/h2,5-6,13H,3-4,7-12H2,1H3/t13-/m0/s1. The van der Waals surface area contributed by atoms with Crippen LogP contribution in [0.5, 0.6) is 0 Å². The number of halogens is 2. The lowest BCUT2D eigenvalue weighted by molar-refractivity contribution is -0.155. The van der Waals surface area contributed by atoms with E-state index in [9.17, 15) is 23.2 Å². The Kier molecular flexibility index (Phi) is 5.72. The highest BCUT2D eigenvalue weighted by molar-refractivity contribution is 5.94. The van der Waals surface area contributed by atoms with Gasteiger partial charge in [-0.2, -0.15) is 0 Å². The normalized spacial score (nSPS) is 20.8. The van der Waals surface area contributed by atoms with E-state index in [2.05, 4.69) is 0 Å². The quantitative estimate of drug-likeness (QED) is 0.753. The second kappa shape index (κ2) is 8.02. The van der Waals surface area contributed by atoms with E-state index in [4.69, 9.17) is 0 Å². The zero-order chi connectivity index (χ0) is 19.6. The fraction of sp³-hybridized carbons (Fsp3) is 0.526. The number of rotatable bonds is 6. The van der Waals surface area contributed by atoms with Gasteiger partial charge in [0.2, 0.25) is 17.7 Å². The maximum atomic E-state index is 13.9. The van der Waals surface area contributed by atoms with Crippen molar-refractivity contribution in [2.75, 3.05) is 26.2 Å². The van der Waals surface area contributed by atoms with E-state index in [0.29, 0.717) is 25.9 Å². The van der Waals surface area contributed by atoms with Gasteiger partial charge < -0.3 is 14.7 Å². The zero-order valence-electron chi connectivity index (χ0n) is 15.3. The number of likely N-dealkylation sites (tertiary alicyclic amines) is 1. The van der Waals surface area contributed by atoms with Crippen molar-refractivity contribution in [1.82, 2.24) is 14.7 Å². The van der Waals surface area contributed by atoms with Crippen molar-refractivity contribution in [2.45, 2.75) is 38.8 Å². The van der Waals surface area contributed by atoms with Gasteiger partial charge in [0.15, 0.2) is 11.6 Å². The van der Waals surface area contributed by atoms with Crippen molar-refractivity contribution >= 4 is 17.7 Å². The van der Waals surface area contributed by atoms with Crippen LogP contribution in [-0.4, -0.2) is 64.6 Å². The minimum absolute atomic E-state index is 0.0454. The molecule has 0 unspecified atom stereocenters. The van der Waals surface area contributed by atoms with Gasteiger partial charge in [-0.15, -0.1) is 0 Å². The fourth-order valence-corrected chi connectivity index (χ4v) is 3.61. The summed E-state index contributed by atoms with van der Waals surface area (Å²) in [6.45, 7) is 3.06. The molecule has 1 atom stereocenters. The summed E-state index contributed by atoms with van der Waals surface area (Å²) in [5, 5.41) is 0. The molecule has 3 amide bonds. The first-order valence-corrected chi connectivity index (χ1v) is 9.17. The van der Waals surface area contributed by atoms with Crippen LogP contribution in [0.15, 0.2) is 18.2 Å². The Morgan fingerprint density at radius 2 is 1.81 bits per heavy atom. The molecule has 0 aromatic heterocycles. The first-order chi connectivity index (χ1) is 12.9. The summed E-state index contributed by atoms with van der Waals surface area (Å²) in [4.78, 5) is 41.2. The minimum Gasteiger partial charge on any atom is -0.343 e. The number of carbonyl (C=O) groups is 3. The lowest BCUT2D eigenvalue weighted by Crippen LogP contribution is -2.58. The third kappa shape index (κ3) is 4.09. The molecule has 2 aliphatic rings. The molecule has 6 nitrogen and oxygen atoms in total. The molecule has 1 aromatic rings. The van der Waals surface area contributed by atoms with Gasteiger partial charge in [0.1, 0.15) is 6.04 Å². The third-order valence-corrected chi connectivity index (χ3v) is 5.18. The Balaban J connectivity index is 1.58. The average Bonchev–Trinajstić information content (AvgIpc) is 3.04. The predicted octanol–water partition coefficient (Wildman–Crippen LogP) is 1.54. The van der Waals surface area contributed by atoms with Crippen LogP contribution in [0, 0.1) is 11.6 Å². The molecule has 146 valence electrons. The summed E-state index contributed by atoms with van der Waals surface area (Å²) >= 11 is 0. The Morgan fingerprint density at radius 3 is 2.52 bits per heavy atom. The molecule has 27 heavy (non-hydrogen) atoms. The Morgan fingerprint density at radius 1 is 1.07 bits per heavy atom. The predicted molar refractivity (Wildman–Crippen MR) is 93.4 cm³/mol. The molecule has 0 bridgehead atoms. The lowest BCUT2D eigenvalue weighted by Gasteiger charge is -2.39. The Hall–Kier alpha value is -2.51. The van der Waals surface area contributed by atoms with Crippen molar-refractivity contribution in [3.8, 4) is 0 Å². The van der Waals surface area contributed by atoms with Gasteiger partial charge in [-0.05, 0) is 25.8 Å². The van der Waals surface area contributed by atoms with Gasteiger partial charge >= 0.3 is 0 Å². The molecule has 3 rings (SSSR count). The molecule has 2 fully saturated rings. The van der Waals surface area contributed by atoms with Crippen LogP contribution >= 0.6 is 0 Å². The number of hydrogen-bond donors (Lipinski definition) is 0. The molecule has 0 aliphatic carbocycles. The van der Waals surface area contributed by atoms with Gasteiger partial charge in [-0.1, -0.05) is 12.1 Å². The maximum Gasteiger partial charge on any atom is 0.245 e. The average molecular weight is 379 g/mol. The molecular weight excluding hydrogens is 356 g/mol. The SMILES string of the molecule is C[C@H]1C(=O)N(CCCN2CCCC2=O)CC(=O)N1Cc1cccc(F)c1F. The second-order valence-corrected chi connectivity index (χ2v) is 7.01. The van der Waals surface area contributed by atoms with Crippen molar-refractivity contribution in [3.63, 3.8) is 0 Å². The first-order valence-electron chi connectivity index (χ1n) is 9.17. The molecular formula is C19H23F2N3O3. The number of nitrogens with zero attached hydrogens (tertiary/aromatic N) is 3. The van der Waals surface area contributed by atoms with Crippen LogP contribution in [0.2, 0.25) is 0 Å². The van der Waals surface area contributed by atoms with E-state index in [1.807, 2.05) is 0 Å². The van der Waals surface area contributed by atoms with Gasteiger partial charge in [0, 0.05) is 38.2 Å². The maximum absolute atomic E-state index is 13.9. The summed E-state index contributed by atoms with van der Waals surface area (Å²) in [6.07, 6.45) is 2.04. The van der Waals surface area contributed by atoms with Gasteiger partial charge in [0.25, 0.3) is 0 Å².